The molecule has 4 rings (SSSR count). The molecule has 2 aromatic rings. The Morgan fingerprint density at radius 1 is 1.08 bits per heavy atom. The molecule has 5 heteroatoms. The lowest BCUT2D eigenvalue weighted by molar-refractivity contribution is -0.137. The predicted molar refractivity (Wildman–Crippen MR) is 90.4 cm³/mol. The number of halogens is 3. The summed E-state index contributed by atoms with van der Waals surface area (Å²) in [5.41, 5.74) is 2.02. The highest BCUT2D eigenvalue weighted by molar-refractivity contribution is 5.58. The molecule has 2 aromatic carbocycles. The Labute approximate surface area is 145 Å². The van der Waals surface area contributed by atoms with E-state index in [0.29, 0.717) is 12.2 Å². The third-order valence-electron chi connectivity index (χ3n) is 5.21. The lowest BCUT2D eigenvalue weighted by Gasteiger charge is -2.43. The van der Waals surface area contributed by atoms with Gasteiger partial charge in [-0.25, -0.2) is 0 Å². The van der Waals surface area contributed by atoms with Gasteiger partial charge in [0.25, 0.3) is 0 Å². The average Bonchev–Trinajstić information content (AvgIpc) is 2.62. The SMILES string of the molecule is FC(F)(F)c1ccc2c(c1)C1OCCCC1C(Cc1ccccc1)N2. The predicted octanol–water partition coefficient (Wildman–Crippen LogP) is 5.21. The number of alkyl halides is 3. The summed E-state index contributed by atoms with van der Waals surface area (Å²) in [5, 5.41) is 3.48. The summed E-state index contributed by atoms with van der Waals surface area (Å²) in [7, 11) is 0. The van der Waals surface area contributed by atoms with Crippen molar-refractivity contribution in [1.82, 2.24) is 0 Å². The summed E-state index contributed by atoms with van der Waals surface area (Å²) < 4.78 is 45.2. The molecule has 132 valence electrons. The topological polar surface area (TPSA) is 21.3 Å². The number of hydrogen-bond acceptors (Lipinski definition) is 2. The summed E-state index contributed by atoms with van der Waals surface area (Å²) in [6.07, 6.45) is -1.85. The number of benzene rings is 2. The number of nitrogens with one attached hydrogen (secondary N) is 1. The van der Waals surface area contributed by atoms with E-state index in [9.17, 15) is 13.2 Å². The first-order chi connectivity index (χ1) is 12.0. The maximum atomic E-state index is 13.1. The maximum absolute atomic E-state index is 13.1. The van der Waals surface area contributed by atoms with Gasteiger partial charge < -0.3 is 10.1 Å². The fourth-order valence-corrected chi connectivity index (χ4v) is 4.02. The normalized spacial score (nSPS) is 25.6. The molecule has 1 N–H and O–H groups in total. The quantitative estimate of drug-likeness (QED) is 0.805. The Morgan fingerprint density at radius 2 is 1.88 bits per heavy atom. The van der Waals surface area contributed by atoms with E-state index in [1.54, 1.807) is 6.07 Å². The van der Waals surface area contributed by atoms with Crippen molar-refractivity contribution in [1.29, 1.82) is 0 Å². The molecule has 0 amide bonds. The van der Waals surface area contributed by atoms with Crippen LogP contribution in [-0.4, -0.2) is 12.6 Å². The highest BCUT2D eigenvalue weighted by atomic mass is 19.4. The second-order valence-corrected chi connectivity index (χ2v) is 6.84. The highest BCUT2D eigenvalue weighted by Crippen LogP contribution is 2.46. The van der Waals surface area contributed by atoms with Crippen molar-refractivity contribution in [3.8, 4) is 0 Å². The number of hydrogen-bond donors (Lipinski definition) is 1. The van der Waals surface area contributed by atoms with E-state index in [1.807, 2.05) is 18.2 Å². The molecule has 0 saturated carbocycles. The van der Waals surface area contributed by atoms with Crippen molar-refractivity contribution in [2.75, 3.05) is 11.9 Å². The van der Waals surface area contributed by atoms with Gasteiger partial charge in [-0.15, -0.1) is 0 Å². The zero-order valence-corrected chi connectivity index (χ0v) is 13.7. The van der Waals surface area contributed by atoms with Crippen LogP contribution in [0.4, 0.5) is 18.9 Å². The number of anilines is 1. The van der Waals surface area contributed by atoms with Crippen molar-refractivity contribution >= 4 is 5.69 Å². The van der Waals surface area contributed by atoms with Gasteiger partial charge >= 0.3 is 6.18 Å². The standard InChI is InChI=1S/C20H20F3NO/c21-20(22,23)14-8-9-17-16(12-14)19-15(7-4-10-25-19)18(24-17)11-13-5-2-1-3-6-13/h1-3,5-6,8-9,12,15,18-19,24H,4,7,10-11H2. The third kappa shape index (κ3) is 3.25. The van der Waals surface area contributed by atoms with Gasteiger partial charge in [0.05, 0.1) is 11.7 Å². The molecule has 0 radical (unpaired) electrons. The van der Waals surface area contributed by atoms with Crippen LogP contribution < -0.4 is 5.32 Å². The lowest BCUT2D eigenvalue weighted by Crippen LogP contribution is -2.42. The van der Waals surface area contributed by atoms with E-state index in [-0.39, 0.29) is 18.1 Å². The van der Waals surface area contributed by atoms with Gasteiger partial charge in [0, 0.05) is 29.8 Å². The molecular formula is C20H20F3NO. The van der Waals surface area contributed by atoms with Crippen LogP contribution >= 0.6 is 0 Å². The van der Waals surface area contributed by atoms with Gasteiger partial charge in [-0.2, -0.15) is 13.2 Å². The zero-order chi connectivity index (χ0) is 17.4. The largest absolute Gasteiger partial charge is 0.416 e. The van der Waals surface area contributed by atoms with Crippen molar-refractivity contribution in [2.45, 2.75) is 37.6 Å². The monoisotopic (exact) mass is 347 g/mol. The first kappa shape index (κ1) is 16.5. The molecule has 25 heavy (non-hydrogen) atoms. The van der Waals surface area contributed by atoms with Crippen LogP contribution in [-0.2, 0) is 17.3 Å². The molecule has 0 aliphatic carbocycles. The molecule has 2 aliphatic rings. The maximum Gasteiger partial charge on any atom is 0.416 e. The van der Waals surface area contributed by atoms with Crippen LogP contribution in [0.25, 0.3) is 0 Å². The molecule has 2 aliphatic heterocycles. The van der Waals surface area contributed by atoms with Crippen LogP contribution in [0.1, 0.15) is 35.6 Å². The number of ether oxygens (including phenoxy) is 1. The fraction of sp³-hybridized carbons (Fsp3) is 0.400. The molecule has 2 nitrogen and oxygen atoms in total. The van der Waals surface area contributed by atoms with Crippen molar-refractivity contribution in [3.63, 3.8) is 0 Å². The van der Waals surface area contributed by atoms with Crippen LogP contribution in [0.5, 0.6) is 0 Å². The Balaban J connectivity index is 1.68. The smallest absolute Gasteiger partial charge is 0.381 e. The first-order valence-corrected chi connectivity index (χ1v) is 8.65. The molecule has 3 atom stereocenters. The molecule has 0 aromatic heterocycles. The molecule has 1 fully saturated rings. The Hall–Kier alpha value is -2.01. The molecule has 0 bridgehead atoms. The van der Waals surface area contributed by atoms with Crippen LogP contribution in [0.3, 0.4) is 0 Å². The number of fused-ring (bicyclic) bond motifs is 3. The van der Waals surface area contributed by atoms with Crippen molar-refractivity contribution in [3.05, 3.63) is 65.2 Å². The molecule has 2 heterocycles. The third-order valence-corrected chi connectivity index (χ3v) is 5.21. The number of rotatable bonds is 2. The fourth-order valence-electron chi connectivity index (χ4n) is 4.02. The summed E-state index contributed by atoms with van der Waals surface area (Å²) in [5.74, 6) is 0.185. The molecule has 3 unspecified atom stereocenters. The van der Waals surface area contributed by atoms with E-state index >= 15 is 0 Å². The van der Waals surface area contributed by atoms with E-state index in [1.165, 1.54) is 11.6 Å². The molecular weight excluding hydrogens is 327 g/mol. The minimum atomic E-state index is -4.33. The lowest BCUT2D eigenvalue weighted by atomic mass is 9.77. The highest BCUT2D eigenvalue weighted by Gasteiger charge is 2.40. The molecule has 0 spiro atoms. The van der Waals surface area contributed by atoms with Gasteiger partial charge in [0.15, 0.2) is 0 Å². The summed E-state index contributed by atoms with van der Waals surface area (Å²) in [6.45, 7) is 0.606. The van der Waals surface area contributed by atoms with E-state index < -0.39 is 11.7 Å². The minimum Gasteiger partial charge on any atom is -0.381 e. The Morgan fingerprint density at radius 3 is 2.64 bits per heavy atom. The second-order valence-electron chi connectivity index (χ2n) is 6.84. The zero-order valence-electron chi connectivity index (χ0n) is 13.7. The molecule has 1 saturated heterocycles. The van der Waals surface area contributed by atoms with Gasteiger partial charge in [0.2, 0.25) is 0 Å². The van der Waals surface area contributed by atoms with Crippen LogP contribution in [0.15, 0.2) is 48.5 Å². The summed E-state index contributed by atoms with van der Waals surface area (Å²) in [6, 6.07) is 14.3. The van der Waals surface area contributed by atoms with Gasteiger partial charge in [-0.3, -0.25) is 0 Å². The van der Waals surface area contributed by atoms with Gasteiger partial charge in [0.1, 0.15) is 0 Å². The minimum absolute atomic E-state index is 0.164. The van der Waals surface area contributed by atoms with Gasteiger partial charge in [-0.05, 0) is 43.0 Å². The van der Waals surface area contributed by atoms with Crippen LogP contribution in [0, 0.1) is 5.92 Å². The van der Waals surface area contributed by atoms with E-state index in [2.05, 4.69) is 17.4 Å². The van der Waals surface area contributed by atoms with E-state index in [0.717, 1.165) is 31.0 Å². The van der Waals surface area contributed by atoms with Gasteiger partial charge in [-0.1, -0.05) is 30.3 Å². The van der Waals surface area contributed by atoms with E-state index in [4.69, 9.17) is 4.74 Å². The average molecular weight is 347 g/mol. The summed E-state index contributed by atoms with van der Waals surface area (Å²) in [4.78, 5) is 0. The Bertz CT molecular complexity index is 744. The first-order valence-electron chi connectivity index (χ1n) is 8.65. The Kier molecular flexibility index (Phi) is 4.20. The second kappa shape index (κ2) is 6.37. The van der Waals surface area contributed by atoms with Crippen molar-refractivity contribution in [2.24, 2.45) is 5.92 Å². The van der Waals surface area contributed by atoms with Crippen LogP contribution in [0.2, 0.25) is 0 Å². The summed E-state index contributed by atoms with van der Waals surface area (Å²) >= 11 is 0. The van der Waals surface area contributed by atoms with Crippen molar-refractivity contribution < 1.29 is 17.9 Å².